The highest BCUT2D eigenvalue weighted by atomic mass is 15.3. The molecule has 14 heavy (non-hydrogen) atoms. The molecule has 0 atom stereocenters. The van der Waals surface area contributed by atoms with Crippen molar-refractivity contribution in [2.75, 3.05) is 18.0 Å². The van der Waals surface area contributed by atoms with Gasteiger partial charge in [-0.2, -0.15) is 0 Å². The number of hydrogen-bond donors (Lipinski definition) is 1. The number of nitrogens with zero attached hydrogens (tertiary/aromatic N) is 3. The van der Waals surface area contributed by atoms with Gasteiger partial charge in [0.1, 0.15) is 11.6 Å². The zero-order chi connectivity index (χ0) is 10.1. The molecule has 78 valence electrons. The van der Waals surface area contributed by atoms with Crippen molar-refractivity contribution in [1.82, 2.24) is 9.55 Å². The topological polar surface area (TPSA) is 47.1 Å². The Hall–Kier alpha value is -1.03. The molecule has 0 saturated carbocycles. The van der Waals surface area contributed by atoms with Crippen molar-refractivity contribution < 1.29 is 0 Å². The minimum atomic E-state index is 0.389. The molecule has 4 nitrogen and oxygen atoms in total. The molecule has 1 aliphatic rings. The average molecular weight is 194 g/mol. The van der Waals surface area contributed by atoms with Gasteiger partial charge in [0.25, 0.3) is 0 Å². The van der Waals surface area contributed by atoms with E-state index in [0.717, 1.165) is 31.8 Å². The van der Waals surface area contributed by atoms with Crippen molar-refractivity contribution in [3.63, 3.8) is 0 Å². The highest BCUT2D eigenvalue weighted by molar-refractivity contribution is 5.39. The van der Waals surface area contributed by atoms with E-state index in [4.69, 9.17) is 5.73 Å². The molecular formula is C10H18N4. The summed E-state index contributed by atoms with van der Waals surface area (Å²) in [6.45, 7) is 4.14. The summed E-state index contributed by atoms with van der Waals surface area (Å²) in [7, 11) is 2.06. The predicted octanol–water partition coefficient (Wildman–Crippen LogP) is 0.656. The Kier molecular flexibility index (Phi) is 2.46. The number of rotatable bonds is 1. The molecule has 1 fully saturated rings. The first-order valence-electron chi connectivity index (χ1n) is 5.17. The molecule has 0 radical (unpaired) electrons. The first-order valence-corrected chi connectivity index (χ1v) is 5.17. The molecule has 2 N–H and O–H groups in total. The quantitative estimate of drug-likeness (QED) is 0.714. The highest BCUT2D eigenvalue weighted by Gasteiger charge is 2.18. The molecule has 0 unspecified atom stereocenters. The number of nitrogens with two attached hydrogens (primary N) is 1. The zero-order valence-corrected chi connectivity index (χ0v) is 8.90. The monoisotopic (exact) mass is 194 g/mol. The normalized spacial score (nSPS) is 18.9. The van der Waals surface area contributed by atoms with Crippen LogP contribution >= 0.6 is 0 Å². The maximum Gasteiger partial charge on any atom is 0.128 e. The molecule has 1 aliphatic heterocycles. The number of aryl methyl sites for hydroxylation is 1. The second kappa shape index (κ2) is 3.61. The van der Waals surface area contributed by atoms with Gasteiger partial charge >= 0.3 is 0 Å². The van der Waals surface area contributed by atoms with Crippen LogP contribution in [-0.2, 0) is 7.05 Å². The molecule has 1 aromatic heterocycles. The van der Waals surface area contributed by atoms with Crippen LogP contribution in [0.25, 0.3) is 0 Å². The van der Waals surface area contributed by atoms with E-state index in [2.05, 4.69) is 21.5 Å². The van der Waals surface area contributed by atoms with Gasteiger partial charge in [-0.25, -0.2) is 4.98 Å². The first kappa shape index (κ1) is 9.52. The third-order valence-electron chi connectivity index (χ3n) is 3.06. The van der Waals surface area contributed by atoms with Gasteiger partial charge in [0.2, 0.25) is 0 Å². The third kappa shape index (κ3) is 1.62. The van der Waals surface area contributed by atoms with Crippen molar-refractivity contribution in [3.05, 3.63) is 12.0 Å². The molecule has 0 aromatic carbocycles. The lowest BCUT2D eigenvalue weighted by molar-refractivity contribution is 0.495. The van der Waals surface area contributed by atoms with Crippen LogP contribution in [0.4, 0.5) is 5.82 Å². The van der Waals surface area contributed by atoms with E-state index in [1.807, 2.05) is 13.1 Å². The van der Waals surface area contributed by atoms with E-state index in [9.17, 15) is 0 Å². The Morgan fingerprint density at radius 3 is 2.57 bits per heavy atom. The van der Waals surface area contributed by atoms with Crippen molar-refractivity contribution in [2.24, 2.45) is 12.8 Å². The molecule has 0 amide bonds. The summed E-state index contributed by atoms with van der Waals surface area (Å²) in [6, 6.07) is 0.389. The van der Waals surface area contributed by atoms with Crippen molar-refractivity contribution in [2.45, 2.75) is 25.8 Å². The molecular weight excluding hydrogens is 176 g/mol. The smallest absolute Gasteiger partial charge is 0.128 e. The van der Waals surface area contributed by atoms with Gasteiger partial charge in [0.15, 0.2) is 0 Å². The third-order valence-corrected chi connectivity index (χ3v) is 3.06. The number of piperidine rings is 1. The van der Waals surface area contributed by atoms with Crippen LogP contribution in [0.3, 0.4) is 0 Å². The van der Waals surface area contributed by atoms with Gasteiger partial charge in [0, 0.05) is 26.2 Å². The highest BCUT2D eigenvalue weighted by Crippen LogP contribution is 2.19. The predicted molar refractivity (Wildman–Crippen MR) is 57.4 cm³/mol. The van der Waals surface area contributed by atoms with E-state index < -0.39 is 0 Å². The maximum absolute atomic E-state index is 5.87. The second-order valence-electron chi connectivity index (χ2n) is 4.05. The molecule has 4 heteroatoms. The lowest BCUT2D eigenvalue weighted by Crippen LogP contribution is -2.40. The first-order chi connectivity index (χ1) is 6.68. The van der Waals surface area contributed by atoms with Crippen LogP contribution < -0.4 is 10.6 Å². The van der Waals surface area contributed by atoms with Gasteiger partial charge in [-0.3, -0.25) is 0 Å². The summed E-state index contributed by atoms with van der Waals surface area (Å²) in [5.74, 6) is 2.28. The van der Waals surface area contributed by atoms with Gasteiger partial charge in [-0.1, -0.05) is 0 Å². The minimum absolute atomic E-state index is 0.389. The van der Waals surface area contributed by atoms with Crippen LogP contribution in [0, 0.1) is 6.92 Å². The van der Waals surface area contributed by atoms with Crippen LogP contribution in [0.5, 0.6) is 0 Å². The lowest BCUT2D eigenvalue weighted by Gasteiger charge is -2.31. The van der Waals surface area contributed by atoms with Crippen LogP contribution in [0.1, 0.15) is 18.7 Å². The summed E-state index contributed by atoms with van der Waals surface area (Å²) in [5, 5.41) is 0. The summed E-state index contributed by atoms with van der Waals surface area (Å²) < 4.78 is 2.14. The van der Waals surface area contributed by atoms with Gasteiger partial charge in [-0.05, 0) is 19.8 Å². The van der Waals surface area contributed by atoms with Crippen LogP contribution in [0.2, 0.25) is 0 Å². The number of hydrogen-bond acceptors (Lipinski definition) is 3. The number of anilines is 1. The standard InChI is InChI=1S/C10H18N4/c1-8-12-7-10(13(8)2)14-5-3-9(11)4-6-14/h7,9H,3-6,11H2,1-2H3. The summed E-state index contributed by atoms with van der Waals surface area (Å²) in [4.78, 5) is 6.66. The molecule has 0 bridgehead atoms. The van der Waals surface area contributed by atoms with E-state index in [1.54, 1.807) is 0 Å². The van der Waals surface area contributed by atoms with Gasteiger partial charge < -0.3 is 15.2 Å². The van der Waals surface area contributed by atoms with Crippen LogP contribution in [-0.4, -0.2) is 28.7 Å². The molecule has 1 saturated heterocycles. The van der Waals surface area contributed by atoms with Crippen molar-refractivity contribution in [3.8, 4) is 0 Å². The van der Waals surface area contributed by atoms with Crippen molar-refractivity contribution in [1.29, 1.82) is 0 Å². The molecule has 2 rings (SSSR count). The molecule has 0 spiro atoms. The number of imidazole rings is 1. The average Bonchev–Trinajstić information content (AvgIpc) is 2.50. The summed E-state index contributed by atoms with van der Waals surface area (Å²) in [6.07, 6.45) is 4.13. The van der Waals surface area contributed by atoms with E-state index in [0.29, 0.717) is 6.04 Å². The van der Waals surface area contributed by atoms with Gasteiger partial charge in [-0.15, -0.1) is 0 Å². The maximum atomic E-state index is 5.87. The Morgan fingerprint density at radius 1 is 1.43 bits per heavy atom. The van der Waals surface area contributed by atoms with Crippen LogP contribution in [0.15, 0.2) is 6.20 Å². The summed E-state index contributed by atoms with van der Waals surface area (Å²) >= 11 is 0. The zero-order valence-electron chi connectivity index (χ0n) is 8.90. The van der Waals surface area contributed by atoms with E-state index in [1.165, 1.54) is 5.82 Å². The van der Waals surface area contributed by atoms with Crippen molar-refractivity contribution >= 4 is 5.82 Å². The van der Waals surface area contributed by atoms with E-state index >= 15 is 0 Å². The molecule has 0 aliphatic carbocycles. The second-order valence-corrected chi connectivity index (χ2v) is 4.05. The largest absolute Gasteiger partial charge is 0.357 e. The van der Waals surface area contributed by atoms with E-state index in [-0.39, 0.29) is 0 Å². The fourth-order valence-electron chi connectivity index (χ4n) is 1.91. The number of aromatic nitrogens is 2. The molecule has 1 aromatic rings. The Bertz CT molecular complexity index is 310. The minimum Gasteiger partial charge on any atom is -0.357 e. The Balaban J connectivity index is 2.12. The fourth-order valence-corrected chi connectivity index (χ4v) is 1.91. The Morgan fingerprint density at radius 2 is 2.07 bits per heavy atom. The molecule has 2 heterocycles. The summed E-state index contributed by atoms with van der Waals surface area (Å²) in [5.41, 5.74) is 5.87. The lowest BCUT2D eigenvalue weighted by atomic mass is 10.1. The Labute approximate surface area is 84.7 Å². The fraction of sp³-hybridized carbons (Fsp3) is 0.700. The van der Waals surface area contributed by atoms with Gasteiger partial charge in [0.05, 0.1) is 6.20 Å². The SMILES string of the molecule is Cc1ncc(N2CCC(N)CC2)n1C.